The fourth-order valence-electron chi connectivity index (χ4n) is 3.21. The number of unbranched alkanes of at least 4 members (excludes halogenated alkanes) is 1. The van der Waals surface area contributed by atoms with Crippen LogP contribution in [0.1, 0.15) is 44.0 Å². The Morgan fingerprint density at radius 3 is 2.86 bits per heavy atom. The maximum Gasteiger partial charge on any atom is 0.317 e. The Bertz CT molecular complexity index is 612. The van der Waals surface area contributed by atoms with E-state index in [2.05, 4.69) is 22.1 Å². The van der Waals surface area contributed by atoms with Gasteiger partial charge in [0.05, 0.1) is 0 Å². The van der Waals surface area contributed by atoms with E-state index in [1.165, 1.54) is 6.33 Å². The average molecular weight is 299 g/mol. The Hall–Kier alpha value is -2.17. The largest absolute Gasteiger partial charge is 0.462 e. The van der Waals surface area contributed by atoms with Crippen molar-refractivity contribution in [2.75, 3.05) is 0 Å². The molecule has 0 bridgehead atoms. The van der Waals surface area contributed by atoms with Gasteiger partial charge in [0.15, 0.2) is 0 Å². The molecule has 0 amide bonds. The van der Waals surface area contributed by atoms with Crippen LogP contribution in [0.4, 0.5) is 0 Å². The normalized spacial score (nSPS) is 24.4. The minimum Gasteiger partial charge on any atom is -0.462 e. The minimum atomic E-state index is -0.654. The molecule has 1 saturated heterocycles. The molecule has 2 atom stereocenters. The third kappa shape index (κ3) is 2.75. The quantitative estimate of drug-likeness (QED) is 0.833. The molecule has 1 aromatic carbocycles. The predicted molar refractivity (Wildman–Crippen MR) is 82.2 cm³/mol. The number of carbonyl (C=O) groups is 1. The number of rotatable bonds is 6. The number of esters is 1. The molecule has 116 valence electrons. The number of H-pyrrole nitrogens is 1. The molecule has 0 aliphatic carbocycles. The van der Waals surface area contributed by atoms with Gasteiger partial charge in [-0.15, -0.1) is 0 Å². The van der Waals surface area contributed by atoms with Crippen molar-refractivity contribution < 1.29 is 9.53 Å². The number of hydrogen-bond donors (Lipinski definition) is 1. The summed E-state index contributed by atoms with van der Waals surface area (Å²) in [6.07, 6.45) is 5.78. The maximum atomic E-state index is 12.7. The number of nitrogens with zero attached hydrogens (tertiary/aromatic N) is 2. The Morgan fingerprint density at radius 2 is 2.18 bits per heavy atom. The maximum absolute atomic E-state index is 12.7. The van der Waals surface area contributed by atoms with E-state index in [0.717, 1.165) is 30.7 Å². The molecule has 5 nitrogen and oxygen atoms in total. The second kappa shape index (κ2) is 6.30. The standard InChI is InChI=1S/C17H21N3O2/c1-2-3-9-14-10-17(16(21)22-14,11-15-18-12-19-20-15)13-7-5-4-6-8-13/h4-8,12,14H,2-3,9-11H2,1H3,(H,18,19,20). The van der Waals surface area contributed by atoms with Crippen LogP contribution in [0.25, 0.3) is 0 Å². The van der Waals surface area contributed by atoms with Crippen LogP contribution in [0.2, 0.25) is 0 Å². The van der Waals surface area contributed by atoms with Crippen molar-refractivity contribution in [3.05, 3.63) is 48.0 Å². The number of hydrogen-bond acceptors (Lipinski definition) is 4. The summed E-state index contributed by atoms with van der Waals surface area (Å²) in [7, 11) is 0. The molecule has 2 aromatic rings. The van der Waals surface area contributed by atoms with Gasteiger partial charge in [-0.1, -0.05) is 50.1 Å². The summed E-state index contributed by atoms with van der Waals surface area (Å²) in [6.45, 7) is 2.15. The van der Waals surface area contributed by atoms with Crippen LogP contribution >= 0.6 is 0 Å². The lowest BCUT2D eigenvalue weighted by molar-refractivity contribution is -0.145. The third-order valence-electron chi connectivity index (χ3n) is 4.38. The van der Waals surface area contributed by atoms with E-state index in [0.29, 0.717) is 12.8 Å². The smallest absolute Gasteiger partial charge is 0.317 e. The molecule has 1 aromatic heterocycles. The highest BCUT2D eigenvalue weighted by Crippen LogP contribution is 2.41. The number of benzene rings is 1. The summed E-state index contributed by atoms with van der Waals surface area (Å²) in [4.78, 5) is 16.9. The van der Waals surface area contributed by atoms with Crippen LogP contribution in [-0.2, 0) is 21.4 Å². The molecule has 5 heteroatoms. The van der Waals surface area contributed by atoms with Crippen LogP contribution in [-0.4, -0.2) is 27.3 Å². The number of ether oxygens (including phenoxy) is 1. The first kappa shape index (κ1) is 14.8. The van der Waals surface area contributed by atoms with Crippen molar-refractivity contribution in [3.8, 4) is 0 Å². The summed E-state index contributed by atoms with van der Waals surface area (Å²) in [5.41, 5.74) is 0.342. The number of aromatic amines is 1. The third-order valence-corrected chi connectivity index (χ3v) is 4.38. The van der Waals surface area contributed by atoms with E-state index >= 15 is 0 Å². The first-order chi connectivity index (χ1) is 10.7. The molecule has 3 rings (SSSR count). The summed E-state index contributed by atoms with van der Waals surface area (Å²) in [5.74, 6) is 0.577. The van der Waals surface area contributed by atoms with Crippen molar-refractivity contribution in [2.24, 2.45) is 0 Å². The number of carbonyl (C=O) groups excluding carboxylic acids is 1. The van der Waals surface area contributed by atoms with E-state index < -0.39 is 5.41 Å². The fourth-order valence-corrected chi connectivity index (χ4v) is 3.21. The zero-order valence-corrected chi connectivity index (χ0v) is 12.8. The van der Waals surface area contributed by atoms with Crippen molar-refractivity contribution in [1.82, 2.24) is 15.2 Å². The van der Waals surface area contributed by atoms with Crippen LogP contribution < -0.4 is 0 Å². The van der Waals surface area contributed by atoms with E-state index in [4.69, 9.17) is 4.74 Å². The van der Waals surface area contributed by atoms with Gasteiger partial charge in [0.2, 0.25) is 0 Å². The van der Waals surface area contributed by atoms with Crippen molar-refractivity contribution >= 4 is 5.97 Å². The molecule has 22 heavy (non-hydrogen) atoms. The van der Waals surface area contributed by atoms with Gasteiger partial charge in [0, 0.05) is 12.8 Å². The molecule has 1 N–H and O–H groups in total. The first-order valence-corrected chi connectivity index (χ1v) is 7.85. The van der Waals surface area contributed by atoms with Crippen LogP contribution in [0.15, 0.2) is 36.7 Å². The molecule has 2 unspecified atom stereocenters. The Balaban J connectivity index is 1.92. The molecule has 1 fully saturated rings. The lowest BCUT2D eigenvalue weighted by atomic mass is 9.74. The molecule has 2 heterocycles. The summed E-state index contributed by atoms with van der Waals surface area (Å²) >= 11 is 0. The highest BCUT2D eigenvalue weighted by molar-refractivity contribution is 5.85. The predicted octanol–water partition coefficient (Wildman–Crippen LogP) is 2.79. The zero-order valence-electron chi connectivity index (χ0n) is 12.8. The number of cyclic esters (lactones) is 1. The number of nitrogens with one attached hydrogen (secondary N) is 1. The number of aromatic nitrogens is 3. The SMILES string of the molecule is CCCCC1CC(Cc2ncn[nH]2)(c2ccccc2)C(=O)O1. The Labute approximate surface area is 130 Å². The van der Waals surface area contributed by atoms with E-state index in [1.807, 2.05) is 30.3 Å². The Kier molecular flexibility index (Phi) is 4.22. The summed E-state index contributed by atoms with van der Waals surface area (Å²) < 4.78 is 5.68. The first-order valence-electron chi connectivity index (χ1n) is 7.85. The summed E-state index contributed by atoms with van der Waals surface area (Å²) in [5, 5.41) is 6.76. The van der Waals surface area contributed by atoms with Gasteiger partial charge in [0.1, 0.15) is 23.7 Å². The molecule has 0 saturated carbocycles. The van der Waals surface area contributed by atoms with Gasteiger partial charge in [-0.05, 0) is 12.0 Å². The molecule has 1 aliphatic rings. The van der Waals surface area contributed by atoms with Gasteiger partial charge < -0.3 is 4.74 Å². The van der Waals surface area contributed by atoms with Crippen molar-refractivity contribution in [3.63, 3.8) is 0 Å². The van der Waals surface area contributed by atoms with Crippen molar-refractivity contribution in [2.45, 2.75) is 50.5 Å². The average Bonchev–Trinajstić information content (AvgIpc) is 3.15. The van der Waals surface area contributed by atoms with Crippen molar-refractivity contribution in [1.29, 1.82) is 0 Å². The fraction of sp³-hybridized carbons (Fsp3) is 0.471. The second-order valence-electron chi connectivity index (χ2n) is 5.93. The van der Waals surface area contributed by atoms with Gasteiger partial charge in [0.25, 0.3) is 0 Å². The highest BCUT2D eigenvalue weighted by Gasteiger charge is 2.50. The van der Waals surface area contributed by atoms with E-state index in [9.17, 15) is 4.79 Å². The van der Waals surface area contributed by atoms with Gasteiger partial charge >= 0.3 is 5.97 Å². The van der Waals surface area contributed by atoms with E-state index in [-0.39, 0.29) is 12.1 Å². The lowest BCUT2D eigenvalue weighted by Gasteiger charge is -2.24. The molecular weight excluding hydrogens is 278 g/mol. The second-order valence-corrected chi connectivity index (χ2v) is 5.93. The van der Waals surface area contributed by atoms with Gasteiger partial charge in [-0.2, -0.15) is 5.10 Å². The monoisotopic (exact) mass is 299 g/mol. The lowest BCUT2D eigenvalue weighted by Crippen LogP contribution is -2.34. The minimum absolute atomic E-state index is 0.00409. The molecule has 0 radical (unpaired) electrons. The Morgan fingerprint density at radius 1 is 1.36 bits per heavy atom. The van der Waals surface area contributed by atoms with Gasteiger partial charge in [-0.3, -0.25) is 9.89 Å². The summed E-state index contributed by atoms with van der Waals surface area (Å²) in [6, 6.07) is 9.88. The highest BCUT2D eigenvalue weighted by atomic mass is 16.6. The zero-order chi connectivity index (χ0) is 15.4. The molecule has 0 spiro atoms. The molecule has 1 aliphatic heterocycles. The van der Waals surface area contributed by atoms with Crippen LogP contribution in [0.5, 0.6) is 0 Å². The van der Waals surface area contributed by atoms with E-state index in [1.54, 1.807) is 0 Å². The van der Waals surface area contributed by atoms with Gasteiger partial charge in [-0.25, -0.2) is 4.98 Å². The van der Waals surface area contributed by atoms with Crippen LogP contribution in [0, 0.1) is 0 Å². The van der Waals surface area contributed by atoms with Crippen LogP contribution in [0.3, 0.4) is 0 Å². The topological polar surface area (TPSA) is 67.9 Å². The molecular formula is C17H21N3O2.